The number of nitrogens with zero attached hydrogens (tertiary/aromatic N) is 4. The van der Waals surface area contributed by atoms with Gasteiger partial charge in [0, 0.05) is 43.4 Å². The number of hydrogen-bond acceptors (Lipinski definition) is 6. The maximum atomic E-state index is 13.6. The van der Waals surface area contributed by atoms with Crippen molar-refractivity contribution in [1.29, 1.82) is 0 Å². The van der Waals surface area contributed by atoms with E-state index in [4.69, 9.17) is 27.1 Å². The molecule has 202 valence electrons. The first kappa shape index (κ1) is 27.7. The van der Waals surface area contributed by atoms with Gasteiger partial charge >= 0.3 is 6.18 Å². The maximum absolute atomic E-state index is 13.6. The van der Waals surface area contributed by atoms with Gasteiger partial charge in [-0.3, -0.25) is 4.79 Å². The fraction of sp³-hybridized carbons (Fsp3) is 0.370. The molecule has 1 atom stereocenters. The van der Waals surface area contributed by atoms with Crippen LogP contribution < -0.4 is 15.4 Å². The zero-order valence-corrected chi connectivity index (χ0v) is 21.9. The van der Waals surface area contributed by atoms with Gasteiger partial charge in [0.2, 0.25) is 5.88 Å². The Morgan fingerprint density at radius 1 is 1.18 bits per heavy atom. The SMILES string of the molecule is CCOc1ncccc1-c1ccc(N2CCN(C(=O)c3ccc(Cl)cc3C(F)(F)F)C[C@H]2CC)c(CN)n1. The highest BCUT2D eigenvalue weighted by Crippen LogP contribution is 2.35. The van der Waals surface area contributed by atoms with Gasteiger partial charge in [0.05, 0.1) is 40.4 Å². The number of pyridine rings is 2. The molecule has 0 spiro atoms. The van der Waals surface area contributed by atoms with Crippen LogP contribution in [0.2, 0.25) is 5.02 Å². The normalized spacial score (nSPS) is 16.0. The Hall–Kier alpha value is -3.37. The first-order valence-electron chi connectivity index (χ1n) is 12.4. The predicted octanol–water partition coefficient (Wildman–Crippen LogP) is 5.41. The topological polar surface area (TPSA) is 84.6 Å². The van der Waals surface area contributed by atoms with Gasteiger partial charge < -0.3 is 20.3 Å². The Bertz CT molecular complexity index is 1300. The Morgan fingerprint density at radius 3 is 2.66 bits per heavy atom. The van der Waals surface area contributed by atoms with E-state index in [1.807, 2.05) is 38.1 Å². The number of anilines is 1. The number of carbonyl (C=O) groups is 1. The second-order valence-electron chi connectivity index (χ2n) is 8.85. The van der Waals surface area contributed by atoms with E-state index >= 15 is 0 Å². The van der Waals surface area contributed by atoms with E-state index in [2.05, 4.69) is 9.88 Å². The number of alkyl halides is 3. The van der Waals surface area contributed by atoms with Gasteiger partial charge in [-0.25, -0.2) is 9.97 Å². The second-order valence-corrected chi connectivity index (χ2v) is 9.29. The molecule has 11 heteroatoms. The quantitative estimate of drug-likeness (QED) is 0.425. The lowest BCUT2D eigenvalue weighted by molar-refractivity contribution is -0.138. The molecule has 7 nitrogen and oxygen atoms in total. The van der Waals surface area contributed by atoms with E-state index in [0.717, 1.165) is 23.4 Å². The standard InChI is InChI=1S/C27H29ClF3N5O2/c1-3-18-16-35(26(37)19-8-7-17(28)14-21(19)27(29,30)31)12-13-36(18)24-10-9-22(34-23(24)15-32)20-6-5-11-33-25(20)38-4-2/h5-11,14,18H,3-4,12-13,15-16,32H2,1-2H3/t18-/m1/s1. The van der Waals surface area contributed by atoms with Crippen LogP contribution in [0.25, 0.3) is 11.3 Å². The molecule has 0 saturated carbocycles. The number of amides is 1. The fourth-order valence-electron chi connectivity index (χ4n) is 4.71. The minimum atomic E-state index is -4.69. The van der Waals surface area contributed by atoms with Gasteiger partial charge in [-0.15, -0.1) is 0 Å². The zero-order valence-electron chi connectivity index (χ0n) is 21.1. The van der Waals surface area contributed by atoms with Crippen LogP contribution in [0, 0.1) is 0 Å². The van der Waals surface area contributed by atoms with Gasteiger partial charge in [0.1, 0.15) is 0 Å². The number of rotatable bonds is 7. The molecule has 1 aliphatic heterocycles. The van der Waals surface area contributed by atoms with Gasteiger partial charge in [0.25, 0.3) is 5.91 Å². The van der Waals surface area contributed by atoms with Crippen molar-refractivity contribution in [3.63, 3.8) is 0 Å². The Balaban J connectivity index is 1.60. The molecular weight excluding hydrogens is 519 g/mol. The average molecular weight is 548 g/mol. The van der Waals surface area contributed by atoms with E-state index < -0.39 is 23.2 Å². The highest BCUT2D eigenvalue weighted by molar-refractivity contribution is 6.30. The molecule has 38 heavy (non-hydrogen) atoms. The lowest BCUT2D eigenvalue weighted by Crippen LogP contribution is -2.55. The van der Waals surface area contributed by atoms with Crippen LogP contribution in [0.15, 0.2) is 48.7 Å². The summed E-state index contributed by atoms with van der Waals surface area (Å²) in [6, 6.07) is 10.6. The summed E-state index contributed by atoms with van der Waals surface area (Å²) in [6.45, 7) is 5.44. The van der Waals surface area contributed by atoms with Crippen LogP contribution in [0.5, 0.6) is 5.88 Å². The Labute approximate surface area is 224 Å². The third-order valence-electron chi connectivity index (χ3n) is 6.54. The molecule has 2 aromatic heterocycles. The van der Waals surface area contributed by atoms with Crippen molar-refractivity contribution in [3.8, 4) is 17.1 Å². The first-order chi connectivity index (χ1) is 18.2. The summed E-state index contributed by atoms with van der Waals surface area (Å²) in [7, 11) is 0. The van der Waals surface area contributed by atoms with Crippen molar-refractivity contribution in [2.75, 3.05) is 31.1 Å². The lowest BCUT2D eigenvalue weighted by atomic mass is 10.0. The summed E-state index contributed by atoms with van der Waals surface area (Å²) in [5, 5.41) is -0.0740. The summed E-state index contributed by atoms with van der Waals surface area (Å²) in [5.41, 5.74) is 7.59. The van der Waals surface area contributed by atoms with Gasteiger partial charge in [-0.05, 0) is 55.8 Å². The maximum Gasteiger partial charge on any atom is 0.417 e. The number of piperazine rings is 1. The van der Waals surface area contributed by atoms with Crippen LogP contribution in [0.4, 0.5) is 18.9 Å². The van der Waals surface area contributed by atoms with Crippen LogP contribution in [0.3, 0.4) is 0 Å². The zero-order chi connectivity index (χ0) is 27.4. The molecular formula is C27H29ClF3N5O2. The monoisotopic (exact) mass is 547 g/mol. The molecule has 3 heterocycles. The minimum Gasteiger partial charge on any atom is -0.477 e. The molecule has 0 aliphatic carbocycles. The van der Waals surface area contributed by atoms with Crippen LogP contribution >= 0.6 is 11.6 Å². The molecule has 1 amide bonds. The van der Waals surface area contributed by atoms with E-state index in [1.54, 1.807) is 6.20 Å². The molecule has 2 N–H and O–H groups in total. The number of ether oxygens (including phenoxy) is 1. The number of halogens is 4. The number of nitrogens with two attached hydrogens (primary N) is 1. The summed E-state index contributed by atoms with van der Waals surface area (Å²) in [5.74, 6) is -0.183. The van der Waals surface area contributed by atoms with Gasteiger partial charge in [-0.2, -0.15) is 13.2 Å². The third-order valence-corrected chi connectivity index (χ3v) is 6.77. The Kier molecular flexibility index (Phi) is 8.42. The molecule has 0 unspecified atom stereocenters. The van der Waals surface area contributed by atoms with E-state index in [1.165, 1.54) is 11.0 Å². The van der Waals surface area contributed by atoms with Crippen molar-refractivity contribution in [3.05, 3.63) is 70.5 Å². The van der Waals surface area contributed by atoms with Crippen LogP contribution in [-0.2, 0) is 12.7 Å². The van der Waals surface area contributed by atoms with E-state index in [9.17, 15) is 18.0 Å². The highest BCUT2D eigenvalue weighted by atomic mass is 35.5. The third kappa shape index (κ3) is 5.71. The van der Waals surface area contributed by atoms with Crippen LogP contribution in [-0.4, -0.2) is 53.1 Å². The number of hydrogen-bond donors (Lipinski definition) is 1. The molecule has 1 aromatic carbocycles. The molecule has 3 aromatic rings. The predicted molar refractivity (Wildman–Crippen MR) is 140 cm³/mol. The minimum absolute atomic E-state index is 0.0740. The van der Waals surface area contributed by atoms with Crippen LogP contribution in [0.1, 0.15) is 41.9 Å². The molecule has 4 rings (SSSR count). The smallest absolute Gasteiger partial charge is 0.417 e. The number of benzene rings is 1. The summed E-state index contributed by atoms with van der Waals surface area (Å²) in [4.78, 5) is 25.9. The fourth-order valence-corrected chi connectivity index (χ4v) is 4.88. The average Bonchev–Trinajstić information content (AvgIpc) is 2.92. The van der Waals surface area contributed by atoms with Gasteiger partial charge in [0.15, 0.2) is 0 Å². The van der Waals surface area contributed by atoms with E-state index in [-0.39, 0.29) is 30.7 Å². The Morgan fingerprint density at radius 2 is 1.97 bits per heavy atom. The second kappa shape index (κ2) is 11.6. The molecule has 1 saturated heterocycles. The van der Waals surface area contributed by atoms with E-state index in [0.29, 0.717) is 36.8 Å². The van der Waals surface area contributed by atoms with Crippen molar-refractivity contribution < 1.29 is 22.7 Å². The van der Waals surface area contributed by atoms with Crippen molar-refractivity contribution in [1.82, 2.24) is 14.9 Å². The van der Waals surface area contributed by atoms with Gasteiger partial charge in [-0.1, -0.05) is 18.5 Å². The first-order valence-corrected chi connectivity index (χ1v) is 12.8. The largest absolute Gasteiger partial charge is 0.477 e. The highest BCUT2D eigenvalue weighted by Gasteiger charge is 2.38. The summed E-state index contributed by atoms with van der Waals surface area (Å²) in [6.07, 6.45) is -2.37. The molecule has 1 fully saturated rings. The molecule has 0 bridgehead atoms. The molecule has 1 aliphatic rings. The van der Waals surface area contributed by atoms with Crippen molar-refractivity contribution in [2.24, 2.45) is 5.73 Å². The number of carbonyl (C=O) groups excluding carboxylic acids is 1. The lowest BCUT2D eigenvalue weighted by Gasteiger charge is -2.43. The number of aromatic nitrogens is 2. The molecule has 0 radical (unpaired) electrons. The van der Waals surface area contributed by atoms with Crippen molar-refractivity contribution >= 4 is 23.2 Å². The summed E-state index contributed by atoms with van der Waals surface area (Å²) < 4.78 is 46.5. The van der Waals surface area contributed by atoms with Crippen molar-refractivity contribution in [2.45, 2.75) is 39.0 Å². The summed E-state index contributed by atoms with van der Waals surface area (Å²) >= 11 is 5.79.